The quantitative estimate of drug-likeness (QED) is 0.736. The van der Waals surface area contributed by atoms with Crippen LogP contribution in [0.4, 0.5) is 0 Å². The molecule has 2 heterocycles. The van der Waals surface area contributed by atoms with Gasteiger partial charge in [-0.3, -0.25) is 9.69 Å². The summed E-state index contributed by atoms with van der Waals surface area (Å²) in [6, 6.07) is 16.2. The van der Waals surface area contributed by atoms with E-state index in [-0.39, 0.29) is 23.4 Å². The number of sulfonamides is 1. The fourth-order valence-electron chi connectivity index (χ4n) is 4.45. The van der Waals surface area contributed by atoms with Gasteiger partial charge < -0.3 is 4.90 Å². The number of nitrogens with zero attached hydrogens (tertiary/aromatic N) is 3. The standard InChI is InChI=1S/C23H29N3O3S/c1-18-10-12-21(13-11-18)30(28,29)25-16-19(2)26(22(27)17-24-14-6-7-15-24)23(25)20-8-4-3-5-9-20/h3-5,8-13,19,23H,6-7,14-17H2,1-2H3/t19-,23-/m0/s1. The molecular formula is C23H29N3O3S. The van der Waals surface area contributed by atoms with Crippen LogP contribution in [-0.2, 0) is 14.8 Å². The third-order valence-electron chi connectivity index (χ3n) is 6.03. The van der Waals surface area contributed by atoms with E-state index in [2.05, 4.69) is 4.90 Å². The molecule has 160 valence electrons. The van der Waals surface area contributed by atoms with Crippen LogP contribution < -0.4 is 0 Å². The molecule has 2 aromatic rings. The van der Waals surface area contributed by atoms with Crippen molar-refractivity contribution in [2.24, 2.45) is 0 Å². The average molecular weight is 428 g/mol. The lowest BCUT2D eigenvalue weighted by Crippen LogP contribution is -2.44. The Kier molecular flexibility index (Phi) is 5.95. The lowest BCUT2D eigenvalue weighted by molar-refractivity contribution is -0.135. The topological polar surface area (TPSA) is 60.9 Å². The highest BCUT2D eigenvalue weighted by molar-refractivity contribution is 7.89. The van der Waals surface area contributed by atoms with Gasteiger partial charge in [0.1, 0.15) is 6.17 Å². The van der Waals surface area contributed by atoms with Gasteiger partial charge in [0.05, 0.1) is 11.4 Å². The van der Waals surface area contributed by atoms with Crippen molar-refractivity contribution < 1.29 is 13.2 Å². The summed E-state index contributed by atoms with van der Waals surface area (Å²) in [6.07, 6.45) is 1.58. The van der Waals surface area contributed by atoms with Crippen LogP contribution in [0.5, 0.6) is 0 Å². The minimum atomic E-state index is -3.75. The maximum Gasteiger partial charge on any atom is 0.245 e. The van der Waals surface area contributed by atoms with E-state index >= 15 is 0 Å². The van der Waals surface area contributed by atoms with Crippen LogP contribution in [-0.4, -0.2) is 60.7 Å². The molecule has 30 heavy (non-hydrogen) atoms. The summed E-state index contributed by atoms with van der Waals surface area (Å²) < 4.78 is 28.6. The Morgan fingerprint density at radius 1 is 1.00 bits per heavy atom. The zero-order chi connectivity index (χ0) is 21.3. The third kappa shape index (κ3) is 4.02. The van der Waals surface area contributed by atoms with Crippen molar-refractivity contribution in [2.45, 2.75) is 43.8 Å². The number of aryl methyl sites for hydroxylation is 1. The Morgan fingerprint density at radius 2 is 1.63 bits per heavy atom. The van der Waals surface area contributed by atoms with Gasteiger partial charge in [-0.05, 0) is 57.5 Å². The molecule has 4 rings (SSSR count). The van der Waals surface area contributed by atoms with Crippen LogP contribution >= 0.6 is 0 Å². The van der Waals surface area contributed by atoms with Gasteiger partial charge in [0.25, 0.3) is 0 Å². The second-order valence-corrected chi connectivity index (χ2v) is 10.2. The van der Waals surface area contributed by atoms with Crippen LogP contribution in [0.25, 0.3) is 0 Å². The minimum Gasteiger partial charge on any atom is -0.317 e. The van der Waals surface area contributed by atoms with E-state index in [1.807, 2.05) is 44.2 Å². The summed E-state index contributed by atoms with van der Waals surface area (Å²) >= 11 is 0. The number of hydrogen-bond acceptors (Lipinski definition) is 4. The summed E-state index contributed by atoms with van der Waals surface area (Å²) in [7, 11) is -3.75. The molecule has 0 unspecified atom stereocenters. The van der Waals surface area contributed by atoms with Crippen LogP contribution in [0.2, 0.25) is 0 Å². The van der Waals surface area contributed by atoms with Crippen LogP contribution in [0.3, 0.4) is 0 Å². The van der Waals surface area contributed by atoms with E-state index in [9.17, 15) is 13.2 Å². The number of carbonyl (C=O) groups is 1. The zero-order valence-corrected chi connectivity index (χ0v) is 18.4. The molecule has 2 aromatic carbocycles. The molecule has 2 aliphatic rings. The van der Waals surface area contributed by atoms with E-state index in [0.717, 1.165) is 37.1 Å². The molecule has 2 atom stereocenters. The summed E-state index contributed by atoms with van der Waals surface area (Å²) in [6.45, 7) is 6.33. The van der Waals surface area contributed by atoms with Crippen molar-refractivity contribution >= 4 is 15.9 Å². The fourth-order valence-corrected chi connectivity index (χ4v) is 6.10. The van der Waals surface area contributed by atoms with Crippen molar-refractivity contribution in [1.29, 1.82) is 0 Å². The lowest BCUT2D eigenvalue weighted by atomic mass is 10.1. The van der Waals surface area contributed by atoms with E-state index in [1.165, 1.54) is 4.31 Å². The molecule has 0 bridgehead atoms. The van der Waals surface area contributed by atoms with Crippen molar-refractivity contribution in [2.75, 3.05) is 26.2 Å². The second kappa shape index (κ2) is 8.49. The Morgan fingerprint density at radius 3 is 2.27 bits per heavy atom. The second-order valence-electron chi connectivity index (χ2n) is 8.31. The zero-order valence-electron chi connectivity index (χ0n) is 17.6. The Labute approximate surface area is 179 Å². The van der Waals surface area contributed by atoms with E-state index in [4.69, 9.17) is 0 Å². The third-order valence-corrected chi connectivity index (χ3v) is 7.86. The summed E-state index contributed by atoms with van der Waals surface area (Å²) in [4.78, 5) is 17.5. The first-order valence-corrected chi connectivity index (χ1v) is 12.0. The monoisotopic (exact) mass is 427 g/mol. The molecule has 0 aliphatic carbocycles. The predicted molar refractivity (Wildman–Crippen MR) is 116 cm³/mol. The number of amides is 1. The maximum absolute atomic E-state index is 13.6. The molecule has 0 saturated carbocycles. The highest BCUT2D eigenvalue weighted by Gasteiger charge is 2.47. The molecule has 2 aliphatic heterocycles. The van der Waals surface area contributed by atoms with Gasteiger partial charge in [0.2, 0.25) is 15.9 Å². The number of benzene rings is 2. The van der Waals surface area contributed by atoms with Gasteiger partial charge >= 0.3 is 0 Å². The fraction of sp³-hybridized carbons (Fsp3) is 0.435. The molecule has 0 aromatic heterocycles. The number of hydrogen-bond donors (Lipinski definition) is 0. The highest BCUT2D eigenvalue weighted by atomic mass is 32.2. The van der Waals surface area contributed by atoms with Gasteiger partial charge in [0.15, 0.2) is 0 Å². The van der Waals surface area contributed by atoms with E-state index < -0.39 is 16.2 Å². The van der Waals surface area contributed by atoms with Crippen molar-refractivity contribution in [3.05, 3.63) is 65.7 Å². The number of likely N-dealkylation sites (tertiary alicyclic amines) is 1. The van der Waals surface area contributed by atoms with E-state index in [0.29, 0.717) is 6.54 Å². The minimum absolute atomic E-state index is 0.0140. The Balaban J connectivity index is 1.71. The van der Waals surface area contributed by atoms with Crippen molar-refractivity contribution in [3.63, 3.8) is 0 Å². The normalized spacial score (nSPS) is 23.2. The number of rotatable bonds is 5. The molecule has 2 saturated heterocycles. The molecule has 6 nitrogen and oxygen atoms in total. The van der Waals surface area contributed by atoms with Gasteiger partial charge in [-0.15, -0.1) is 0 Å². The van der Waals surface area contributed by atoms with Crippen molar-refractivity contribution in [1.82, 2.24) is 14.1 Å². The van der Waals surface area contributed by atoms with Crippen LogP contribution in [0.1, 0.15) is 37.1 Å². The Bertz CT molecular complexity index is 986. The lowest BCUT2D eigenvalue weighted by Gasteiger charge is -2.32. The first-order valence-electron chi connectivity index (χ1n) is 10.5. The maximum atomic E-state index is 13.6. The molecule has 0 radical (unpaired) electrons. The highest BCUT2D eigenvalue weighted by Crippen LogP contribution is 2.38. The Hall–Kier alpha value is -2.22. The van der Waals surface area contributed by atoms with Gasteiger partial charge in [-0.25, -0.2) is 8.42 Å². The molecule has 1 amide bonds. The first-order chi connectivity index (χ1) is 14.4. The van der Waals surface area contributed by atoms with Crippen LogP contribution in [0, 0.1) is 6.92 Å². The van der Waals surface area contributed by atoms with Crippen LogP contribution in [0.15, 0.2) is 59.5 Å². The molecule has 2 fully saturated rings. The largest absolute Gasteiger partial charge is 0.317 e. The SMILES string of the molecule is Cc1ccc(S(=O)(=O)N2C[C@H](C)N(C(=O)CN3CCCC3)[C@H]2c2ccccc2)cc1. The van der Waals surface area contributed by atoms with Gasteiger partial charge in [-0.1, -0.05) is 48.0 Å². The first kappa shape index (κ1) is 21.0. The summed E-state index contributed by atoms with van der Waals surface area (Å²) in [5.74, 6) is -0.0140. The van der Waals surface area contributed by atoms with E-state index in [1.54, 1.807) is 29.2 Å². The number of carbonyl (C=O) groups excluding carboxylic acids is 1. The summed E-state index contributed by atoms with van der Waals surface area (Å²) in [5, 5.41) is 0. The molecule has 7 heteroatoms. The van der Waals surface area contributed by atoms with Crippen molar-refractivity contribution in [3.8, 4) is 0 Å². The van der Waals surface area contributed by atoms with Gasteiger partial charge in [0, 0.05) is 12.6 Å². The molecule has 0 spiro atoms. The summed E-state index contributed by atoms with van der Waals surface area (Å²) in [5.41, 5.74) is 1.82. The smallest absolute Gasteiger partial charge is 0.245 e. The molecule has 0 N–H and O–H groups in total. The predicted octanol–water partition coefficient (Wildman–Crippen LogP) is 3.01. The van der Waals surface area contributed by atoms with Gasteiger partial charge in [-0.2, -0.15) is 4.31 Å². The average Bonchev–Trinajstić information content (AvgIpc) is 3.36. The molecular weight excluding hydrogens is 398 g/mol.